The number of methoxy groups -OCH3 is 2. The van der Waals surface area contributed by atoms with E-state index in [-0.39, 0.29) is 11.8 Å². The van der Waals surface area contributed by atoms with E-state index in [0.717, 1.165) is 22.4 Å². The highest BCUT2D eigenvalue weighted by atomic mass is 16.5. The fraction of sp³-hybridized carbons (Fsp3) is 0.269. The average Bonchev–Trinajstić information content (AvgIpc) is 2.87. The van der Waals surface area contributed by atoms with Crippen LogP contribution in [0.25, 0.3) is 11.1 Å². The first-order chi connectivity index (χ1) is 16.0. The van der Waals surface area contributed by atoms with Crippen molar-refractivity contribution in [3.63, 3.8) is 0 Å². The van der Waals surface area contributed by atoms with Gasteiger partial charge in [0, 0.05) is 44.4 Å². The van der Waals surface area contributed by atoms with Crippen LogP contribution >= 0.6 is 0 Å². The maximum atomic E-state index is 13.4. The van der Waals surface area contributed by atoms with Gasteiger partial charge in [0.05, 0.1) is 19.8 Å². The van der Waals surface area contributed by atoms with Gasteiger partial charge in [-0.25, -0.2) is 4.98 Å². The van der Waals surface area contributed by atoms with Gasteiger partial charge in [0.1, 0.15) is 11.8 Å². The van der Waals surface area contributed by atoms with Crippen molar-refractivity contribution in [2.45, 2.75) is 12.5 Å². The van der Waals surface area contributed by atoms with Gasteiger partial charge in [-0.05, 0) is 23.3 Å². The number of pyridine rings is 1. The number of rotatable bonds is 6. The van der Waals surface area contributed by atoms with Gasteiger partial charge in [-0.1, -0.05) is 42.5 Å². The first kappa shape index (κ1) is 22.3. The summed E-state index contributed by atoms with van der Waals surface area (Å²) in [5, 5.41) is 0. The lowest BCUT2D eigenvalue weighted by Crippen LogP contribution is -2.58. The monoisotopic (exact) mass is 445 g/mol. The second-order valence-electron chi connectivity index (χ2n) is 7.92. The van der Waals surface area contributed by atoms with E-state index in [1.807, 2.05) is 48.5 Å². The van der Waals surface area contributed by atoms with Gasteiger partial charge in [-0.15, -0.1) is 0 Å². The van der Waals surface area contributed by atoms with Crippen LogP contribution in [0, 0.1) is 0 Å². The molecule has 7 nitrogen and oxygen atoms in total. The highest BCUT2D eigenvalue weighted by molar-refractivity contribution is 5.98. The van der Waals surface area contributed by atoms with E-state index >= 15 is 0 Å². The highest BCUT2D eigenvalue weighted by Crippen LogP contribution is 2.33. The Morgan fingerprint density at radius 2 is 1.70 bits per heavy atom. The van der Waals surface area contributed by atoms with Crippen molar-refractivity contribution in [1.82, 2.24) is 14.8 Å². The van der Waals surface area contributed by atoms with Crippen molar-refractivity contribution >= 4 is 11.8 Å². The Labute approximate surface area is 193 Å². The molecule has 0 N–H and O–H groups in total. The number of hydrogen-bond donors (Lipinski definition) is 0. The number of ether oxygens (including phenoxy) is 2. The Balaban J connectivity index is 1.68. The Bertz CT molecular complexity index is 1150. The number of amides is 2. The lowest BCUT2D eigenvalue weighted by atomic mass is 9.92. The summed E-state index contributed by atoms with van der Waals surface area (Å²) in [6, 6.07) is 18.4. The quantitative estimate of drug-likeness (QED) is 0.582. The third-order valence-corrected chi connectivity index (χ3v) is 5.99. The Morgan fingerprint density at radius 3 is 2.39 bits per heavy atom. The topological polar surface area (TPSA) is 72.0 Å². The second kappa shape index (κ2) is 9.73. The molecule has 7 heteroatoms. The Morgan fingerprint density at radius 1 is 0.970 bits per heavy atom. The zero-order valence-corrected chi connectivity index (χ0v) is 19.0. The molecular formula is C26H27N3O4. The minimum Gasteiger partial charge on any atom is -0.496 e. The number of carbonyl (C=O) groups excluding carboxylic acids is 2. The molecule has 0 spiro atoms. The molecule has 170 valence electrons. The molecule has 2 aromatic carbocycles. The van der Waals surface area contributed by atoms with Crippen LogP contribution in [-0.2, 0) is 11.2 Å². The van der Waals surface area contributed by atoms with Crippen molar-refractivity contribution in [2.75, 3.05) is 34.4 Å². The summed E-state index contributed by atoms with van der Waals surface area (Å²) in [5.41, 5.74) is 3.33. The first-order valence-electron chi connectivity index (χ1n) is 10.8. The maximum absolute atomic E-state index is 13.4. The van der Waals surface area contributed by atoms with Crippen LogP contribution < -0.4 is 9.47 Å². The zero-order valence-electron chi connectivity index (χ0n) is 19.0. The molecule has 0 aliphatic carbocycles. The predicted molar refractivity (Wildman–Crippen MR) is 125 cm³/mol. The van der Waals surface area contributed by atoms with E-state index in [2.05, 4.69) is 4.98 Å². The molecule has 0 saturated carbocycles. The van der Waals surface area contributed by atoms with Gasteiger partial charge in [0.2, 0.25) is 11.8 Å². The van der Waals surface area contributed by atoms with E-state index < -0.39 is 6.04 Å². The number of para-hydroxylation sites is 1. The van der Waals surface area contributed by atoms with Gasteiger partial charge < -0.3 is 19.3 Å². The molecule has 0 radical (unpaired) electrons. The van der Waals surface area contributed by atoms with Crippen LogP contribution in [0.3, 0.4) is 0 Å². The number of carbonyl (C=O) groups is 2. The molecule has 1 aliphatic heterocycles. The van der Waals surface area contributed by atoms with E-state index in [4.69, 9.17) is 9.47 Å². The van der Waals surface area contributed by atoms with Gasteiger partial charge in [-0.2, -0.15) is 0 Å². The third kappa shape index (κ3) is 4.53. The number of aromatic nitrogens is 1. The SMILES string of the molecule is COc1ccc(C(=O)N2CCN(C)C(=O)[C@@H]2Cc2ccccc2-c2ccccc2OC)cn1. The van der Waals surface area contributed by atoms with E-state index in [0.29, 0.717) is 31.0 Å². The van der Waals surface area contributed by atoms with Crippen LogP contribution in [0.4, 0.5) is 0 Å². The number of piperazine rings is 1. The molecule has 2 heterocycles. The fourth-order valence-electron chi connectivity index (χ4n) is 4.18. The van der Waals surface area contributed by atoms with Gasteiger partial charge >= 0.3 is 0 Å². The molecule has 1 aliphatic rings. The minimum absolute atomic E-state index is 0.0779. The van der Waals surface area contributed by atoms with Crippen molar-refractivity contribution in [1.29, 1.82) is 0 Å². The first-order valence-corrected chi connectivity index (χ1v) is 10.8. The summed E-state index contributed by atoms with van der Waals surface area (Å²) >= 11 is 0. The van der Waals surface area contributed by atoms with Crippen molar-refractivity contribution in [3.8, 4) is 22.8 Å². The number of likely N-dealkylation sites (N-methyl/N-ethyl adjacent to an activating group) is 1. The van der Waals surface area contributed by atoms with Crippen molar-refractivity contribution < 1.29 is 19.1 Å². The Hall–Kier alpha value is -3.87. The fourth-order valence-corrected chi connectivity index (χ4v) is 4.18. The molecule has 4 rings (SSSR count). The highest BCUT2D eigenvalue weighted by Gasteiger charge is 2.37. The normalized spacial score (nSPS) is 16.0. The van der Waals surface area contributed by atoms with Crippen LogP contribution in [0.15, 0.2) is 66.9 Å². The number of benzene rings is 2. The summed E-state index contributed by atoms with van der Waals surface area (Å²) in [6.45, 7) is 0.938. The third-order valence-electron chi connectivity index (χ3n) is 5.99. The van der Waals surface area contributed by atoms with Crippen molar-refractivity contribution in [3.05, 3.63) is 78.0 Å². The second-order valence-corrected chi connectivity index (χ2v) is 7.92. The molecule has 1 aromatic heterocycles. The molecular weight excluding hydrogens is 418 g/mol. The molecule has 33 heavy (non-hydrogen) atoms. The zero-order chi connectivity index (χ0) is 23.4. The van der Waals surface area contributed by atoms with Crippen molar-refractivity contribution in [2.24, 2.45) is 0 Å². The summed E-state index contributed by atoms with van der Waals surface area (Å²) in [5.74, 6) is 0.898. The number of nitrogens with zero attached hydrogens (tertiary/aromatic N) is 3. The van der Waals surface area contributed by atoms with E-state index in [1.165, 1.54) is 13.3 Å². The van der Waals surface area contributed by atoms with E-state index in [1.54, 1.807) is 36.1 Å². The molecule has 0 bridgehead atoms. The van der Waals surface area contributed by atoms with Gasteiger partial charge in [0.25, 0.3) is 5.91 Å². The van der Waals surface area contributed by atoms with E-state index in [9.17, 15) is 9.59 Å². The lowest BCUT2D eigenvalue weighted by molar-refractivity contribution is -0.138. The molecule has 0 unspecified atom stereocenters. The maximum Gasteiger partial charge on any atom is 0.256 e. The predicted octanol–water partition coefficient (Wildman–Crippen LogP) is 3.29. The number of hydrogen-bond acceptors (Lipinski definition) is 5. The molecule has 1 fully saturated rings. The summed E-state index contributed by atoms with van der Waals surface area (Å²) < 4.78 is 10.7. The van der Waals surface area contributed by atoms with Crippen LogP contribution in [0.2, 0.25) is 0 Å². The largest absolute Gasteiger partial charge is 0.496 e. The molecule has 3 aromatic rings. The average molecular weight is 446 g/mol. The summed E-state index contributed by atoms with van der Waals surface area (Å²) in [4.78, 5) is 34.1. The smallest absolute Gasteiger partial charge is 0.256 e. The molecule has 2 amide bonds. The molecule has 1 atom stereocenters. The lowest BCUT2D eigenvalue weighted by Gasteiger charge is -2.39. The van der Waals surface area contributed by atoms with Crippen LogP contribution in [0.5, 0.6) is 11.6 Å². The summed E-state index contributed by atoms with van der Waals surface area (Å²) in [7, 11) is 4.95. The van der Waals surface area contributed by atoms with Gasteiger partial charge in [0.15, 0.2) is 0 Å². The minimum atomic E-state index is -0.616. The van der Waals surface area contributed by atoms with Crippen LogP contribution in [-0.4, -0.2) is 67.0 Å². The van der Waals surface area contributed by atoms with Crippen LogP contribution in [0.1, 0.15) is 15.9 Å². The summed E-state index contributed by atoms with van der Waals surface area (Å²) in [6.07, 6.45) is 1.89. The molecule has 1 saturated heterocycles. The standard InChI is InChI=1S/C26H27N3O4/c1-28-14-15-29(25(30)19-12-13-24(33-3)27-17-19)22(26(28)31)16-18-8-4-5-9-20(18)21-10-6-7-11-23(21)32-2/h4-13,17,22H,14-16H2,1-3H3/t22-/m0/s1. The Kier molecular flexibility index (Phi) is 6.58. The van der Waals surface area contributed by atoms with Gasteiger partial charge in [-0.3, -0.25) is 9.59 Å².